The maximum Gasteiger partial charge on any atom is 0.138 e. The van der Waals surface area contributed by atoms with Gasteiger partial charge in [0.15, 0.2) is 0 Å². The van der Waals surface area contributed by atoms with E-state index >= 15 is 0 Å². The molecule has 0 amide bonds. The lowest BCUT2D eigenvalue weighted by Gasteiger charge is -2.11. The third kappa shape index (κ3) is 3.46. The van der Waals surface area contributed by atoms with Crippen molar-refractivity contribution in [2.75, 3.05) is 0 Å². The summed E-state index contributed by atoms with van der Waals surface area (Å²) in [5.74, 6) is 5.75. The van der Waals surface area contributed by atoms with Crippen molar-refractivity contribution in [3.8, 4) is 0 Å². The number of aldehydes is 1. The van der Waals surface area contributed by atoms with Crippen LogP contribution in [-0.2, 0) is 11.2 Å². The lowest BCUT2D eigenvalue weighted by atomic mass is 9.98. The number of benzene rings is 1. The second kappa shape index (κ2) is 5.63. The van der Waals surface area contributed by atoms with Crippen LogP contribution in [0.4, 0.5) is 0 Å². The molecule has 0 saturated heterocycles. The predicted molar refractivity (Wildman–Crippen MR) is 61.4 cm³/mol. The van der Waals surface area contributed by atoms with Crippen LogP contribution < -0.4 is 11.3 Å². The van der Waals surface area contributed by atoms with E-state index < -0.39 is 0 Å². The molecule has 1 atom stereocenters. The van der Waals surface area contributed by atoms with Gasteiger partial charge in [-0.15, -0.1) is 0 Å². The molecule has 0 aliphatic carbocycles. The highest BCUT2D eigenvalue weighted by Gasteiger charge is 2.06. The number of nitrogens with two attached hydrogens (primary N) is 1. The summed E-state index contributed by atoms with van der Waals surface area (Å²) in [5.41, 5.74) is 4.90. The van der Waals surface area contributed by atoms with Gasteiger partial charge in [0.2, 0.25) is 0 Å². The first-order chi connectivity index (χ1) is 7.17. The van der Waals surface area contributed by atoms with Crippen LogP contribution in [0.15, 0.2) is 24.3 Å². The Labute approximate surface area is 90.6 Å². The van der Waals surface area contributed by atoms with Crippen LogP contribution in [0.1, 0.15) is 30.9 Å². The monoisotopic (exact) mass is 206 g/mol. The molecule has 3 heteroatoms. The van der Waals surface area contributed by atoms with E-state index in [2.05, 4.69) is 31.4 Å². The fourth-order valence-corrected chi connectivity index (χ4v) is 1.48. The fourth-order valence-electron chi connectivity index (χ4n) is 1.48. The topological polar surface area (TPSA) is 55.1 Å². The van der Waals surface area contributed by atoms with Crippen LogP contribution in [0.2, 0.25) is 0 Å². The second-order valence-electron chi connectivity index (χ2n) is 4.01. The number of carbonyl (C=O) groups excluding carboxylic acids is 1. The Kier molecular flexibility index (Phi) is 4.46. The molecule has 0 spiro atoms. The van der Waals surface area contributed by atoms with Crippen molar-refractivity contribution < 1.29 is 4.79 Å². The zero-order valence-electron chi connectivity index (χ0n) is 9.23. The molecule has 1 rings (SSSR count). The lowest BCUT2D eigenvalue weighted by Crippen LogP contribution is -2.37. The predicted octanol–water partition coefficient (Wildman–Crippen LogP) is 1.38. The van der Waals surface area contributed by atoms with Crippen LogP contribution in [-0.4, -0.2) is 12.3 Å². The van der Waals surface area contributed by atoms with Gasteiger partial charge in [0.25, 0.3) is 0 Å². The standard InChI is InChI=1S/C12H18N2O/c1-9(2)11-5-3-4-10(6-11)7-12(8-15)14-13/h3-6,8-9,12,14H,7,13H2,1-2H3/t12-/m0/s1. The average molecular weight is 206 g/mol. The van der Waals surface area contributed by atoms with Crippen molar-refractivity contribution in [3.63, 3.8) is 0 Å². The van der Waals surface area contributed by atoms with Gasteiger partial charge < -0.3 is 4.79 Å². The number of rotatable bonds is 5. The normalized spacial score (nSPS) is 12.8. The average Bonchev–Trinajstić information content (AvgIpc) is 2.26. The Morgan fingerprint density at radius 2 is 2.20 bits per heavy atom. The number of hydrogen-bond acceptors (Lipinski definition) is 3. The number of carbonyl (C=O) groups is 1. The maximum atomic E-state index is 10.6. The van der Waals surface area contributed by atoms with Crippen molar-refractivity contribution in [2.24, 2.45) is 5.84 Å². The SMILES string of the molecule is CC(C)c1cccc(C[C@@H](C=O)NN)c1. The van der Waals surface area contributed by atoms with Crippen LogP contribution in [0.3, 0.4) is 0 Å². The van der Waals surface area contributed by atoms with Crippen molar-refractivity contribution in [3.05, 3.63) is 35.4 Å². The van der Waals surface area contributed by atoms with Crippen molar-refractivity contribution in [1.29, 1.82) is 0 Å². The van der Waals surface area contributed by atoms with Crippen LogP contribution in [0.5, 0.6) is 0 Å². The Hall–Kier alpha value is -1.19. The molecular formula is C12H18N2O. The van der Waals surface area contributed by atoms with Gasteiger partial charge in [-0.25, -0.2) is 5.43 Å². The van der Waals surface area contributed by atoms with E-state index in [1.807, 2.05) is 12.1 Å². The molecule has 0 heterocycles. The summed E-state index contributed by atoms with van der Waals surface area (Å²) < 4.78 is 0. The van der Waals surface area contributed by atoms with E-state index in [-0.39, 0.29) is 6.04 Å². The molecule has 3 nitrogen and oxygen atoms in total. The van der Waals surface area contributed by atoms with Crippen LogP contribution >= 0.6 is 0 Å². The summed E-state index contributed by atoms with van der Waals surface area (Å²) in [7, 11) is 0. The van der Waals surface area contributed by atoms with Gasteiger partial charge in [0.1, 0.15) is 6.29 Å². The quantitative estimate of drug-likeness (QED) is 0.435. The van der Waals surface area contributed by atoms with E-state index in [1.165, 1.54) is 5.56 Å². The molecule has 1 aromatic rings. The van der Waals surface area contributed by atoms with Crippen molar-refractivity contribution in [2.45, 2.75) is 32.2 Å². The number of hydrazine groups is 1. The molecule has 3 N–H and O–H groups in total. The minimum Gasteiger partial charge on any atom is -0.302 e. The highest BCUT2D eigenvalue weighted by atomic mass is 16.1. The van der Waals surface area contributed by atoms with Gasteiger partial charge in [0.05, 0.1) is 6.04 Å². The first-order valence-corrected chi connectivity index (χ1v) is 5.17. The Bertz CT molecular complexity index is 323. The smallest absolute Gasteiger partial charge is 0.138 e. The van der Waals surface area contributed by atoms with Gasteiger partial charge in [-0.1, -0.05) is 38.1 Å². The summed E-state index contributed by atoms with van der Waals surface area (Å²) in [6, 6.07) is 7.95. The molecule has 0 aliphatic heterocycles. The van der Waals surface area contributed by atoms with Gasteiger partial charge in [-0.05, 0) is 23.5 Å². The molecule has 0 radical (unpaired) electrons. The van der Waals surface area contributed by atoms with E-state index in [0.717, 1.165) is 11.8 Å². The van der Waals surface area contributed by atoms with E-state index in [0.29, 0.717) is 12.3 Å². The largest absolute Gasteiger partial charge is 0.302 e. The number of hydrogen-bond donors (Lipinski definition) is 2. The summed E-state index contributed by atoms with van der Waals surface area (Å²) in [4.78, 5) is 10.6. The van der Waals surface area contributed by atoms with Gasteiger partial charge >= 0.3 is 0 Å². The zero-order valence-corrected chi connectivity index (χ0v) is 9.23. The van der Waals surface area contributed by atoms with Crippen molar-refractivity contribution >= 4 is 6.29 Å². The Morgan fingerprint density at radius 1 is 1.47 bits per heavy atom. The summed E-state index contributed by atoms with van der Waals surface area (Å²) in [6.07, 6.45) is 1.47. The molecule has 0 aliphatic rings. The highest BCUT2D eigenvalue weighted by molar-refractivity contribution is 5.58. The van der Waals surface area contributed by atoms with Gasteiger partial charge in [-0.3, -0.25) is 5.84 Å². The summed E-state index contributed by atoms with van der Waals surface area (Å²) >= 11 is 0. The van der Waals surface area contributed by atoms with E-state index in [9.17, 15) is 4.79 Å². The minimum absolute atomic E-state index is 0.299. The minimum atomic E-state index is -0.299. The molecule has 1 aromatic carbocycles. The van der Waals surface area contributed by atoms with Crippen LogP contribution in [0, 0.1) is 0 Å². The third-order valence-electron chi connectivity index (χ3n) is 2.45. The highest BCUT2D eigenvalue weighted by Crippen LogP contribution is 2.16. The first kappa shape index (κ1) is 11.9. The van der Waals surface area contributed by atoms with Gasteiger partial charge in [-0.2, -0.15) is 0 Å². The molecule has 0 bridgehead atoms. The molecule has 82 valence electrons. The Balaban J connectivity index is 2.77. The fraction of sp³-hybridized carbons (Fsp3) is 0.417. The van der Waals surface area contributed by atoms with Crippen molar-refractivity contribution in [1.82, 2.24) is 5.43 Å². The molecule has 0 fully saturated rings. The lowest BCUT2D eigenvalue weighted by molar-refractivity contribution is -0.109. The molecule has 15 heavy (non-hydrogen) atoms. The third-order valence-corrected chi connectivity index (χ3v) is 2.45. The van der Waals surface area contributed by atoms with Gasteiger partial charge in [0, 0.05) is 0 Å². The van der Waals surface area contributed by atoms with Crippen LogP contribution in [0.25, 0.3) is 0 Å². The van der Waals surface area contributed by atoms with E-state index in [1.54, 1.807) is 0 Å². The zero-order chi connectivity index (χ0) is 11.3. The van der Waals surface area contributed by atoms with E-state index in [4.69, 9.17) is 5.84 Å². The summed E-state index contributed by atoms with van der Waals surface area (Å²) in [6.45, 7) is 4.30. The molecule has 0 saturated carbocycles. The Morgan fingerprint density at radius 3 is 2.73 bits per heavy atom. The first-order valence-electron chi connectivity index (χ1n) is 5.17. The molecular weight excluding hydrogens is 188 g/mol. The molecule has 0 aromatic heterocycles. The second-order valence-corrected chi connectivity index (χ2v) is 4.01. The maximum absolute atomic E-state index is 10.6. The number of nitrogens with one attached hydrogen (secondary N) is 1. The molecule has 0 unspecified atom stereocenters. The summed E-state index contributed by atoms with van der Waals surface area (Å²) in [5, 5.41) is 0.